The van der Waals surface area contributed by atoms with Crippen LogP contribution in [0.5, 0.6) is 0 Å². The van der Waals surface area contributed by atoms with Crippen LogP contribution in [0.25, 0.3) is 0 Å². The molecule has 0 spiro atoms. The summed E-state index contributed by atoms with van der Waals surface area (Å²) in [6.45, 7) is 8.61. The van der Waals surface area contributed by atoms with Gasteiger partial charge in [0, 0.05) is 6.04 Å². The van der Waals surface area contributed by atoms with E-state index in [0.29, 0.717) is 0 Å². The van der Waals surface area contributed by atoms with Gasteiger partial charge in [-0.3, -0.25) is 0 Å². The zero-order valence-corrected chi connectivity index (χ0v) is 10.9. The highest BCUT2D eigenvalue weighted by molar-refractivity contribution is 4.94. The number of rotatable bonds is 4. The molecule has 1 saturated carbocycles. The molecule has 1 aliphatic rings. The van der Waals surface area contributed by atoms with E-state index in [0.717, 1.165) is 17.9 Å². The molecule has 0 aliphatic heterocycles. The lowest BCUT2D eigenvalue weighted by molar-refractivity contribution is 0.114. The third-order valence-electron chi connectivity index (χ3n) is 3.85. The maximum Gasteiger partial charge on any atom is 0.0120 e. The van der Waals surface area contributed by atoms with Crippen molar-refractivity contribution in [2.24, 2.45) is 11.8 Å². The highest BCUT2D eigenvalue weighted by Crippen LogP contribution is 2.35. The van der Waals surface area contributed by atoms with Crippen LogP contribution in [-0.2, 0) is 0 Å². The van der Waals surface area contributed by atoms with Crippen molar-refractivity contribution >= 4 is 0 Å². The second-order valence-electron chi connectivity index (χ2n) is 5.62. The summed E-state index contributed by atoms with van der Waals surface area (Å²) in [6, 6.07) is 0.799. The quantitative estimate of drug-likeness (QED) is 0.638. The second-order valence-corrected chi connectivity index (χ2v) is 5.62. The maximum atomic E-state index is 4.05. The molecule has 1 fully saturated rings. The summed E-state index contributed by atoms with van der Waals surface area (Å²) in [5, 5.41) is 0. The van der Waals surface area contributed by atoms with Crippen molar-refractivity contribution in [3.63, 3.8) is 0 Å². The van der Waals surface area contributed by atoms with E-state index in [1.165, 1.54) is 37.7 Å². The SMILES string of the molecule is C=C(C)C[C@H](C)[C@H]1CCCC[C@H]1N(C)C. The van der Waals surface area contributed by atoms with Crippen LogP contribution in [0.4, 0.5) is 0 Å². The van der Waals surface area contributed by atoms with Crippen LogP contribution in [0, 0.1) is 11.8 Å². The normalized spacial score (nSPS) is 29.1. The molecule has 88 valence electrons. The van der Waals surface area contributed by atoms with E-state index in [2.05, 4.69) is 39.4 Å². The first-order valence-electron chi connectivity index (χ1n) is 6.33. The van der Waals surface area contributed by atoms with Gasteiger partial charge >= 0.3 is 0 Å². The fourth-order valence-electron chi connectivity index (χ4n) is 3.15. The van der Waals surface area contributed by atoms with Gasteiger partial charge in [-0.1, -0.05) is 25.3 Å². The highest BCUT2D eigenvalue weighted by Gasteiger charge is 2.30. The van der Waals surface area contributed by atoms with Crippen LogP contribution in [0.1, 0.15) is 46.0 Å². The van der Waals surface area contributed by atoms with Gasteiger partial charge in [-0.05, 0) is 52.1 Å². The summed E-state index contributed by atoms with van der Waals surface area (Å²) in [7, 11) is 4.47. The Balaban J connectivity index is 2.58. The molecule has 0 aromatic heterocycles. The van der Waals surface area contributed by atoms with E-state index in [9.17, 15) is 0 Å². The Hall–Kier alpha value is -0.300. The Bertz CT molecular complexity index is 207. The van der Waals surface area contributed by atoms with E-state index >= 15 is 0 Å². The number of allylic oxidation sites excluding steroid dienone is 1. The van der Waals surface area contributed by atoms with E-state index in [-0.39, 0.29) is 0 Å². The first kappa shape index (κ1) is 12.8. The first-order chi connectivity index (χ1) is 7.02. The Kier molecular flexibility index (Phi) is 4.85. The molecule has 15 heavy (non-hydrogen) atoms. The van der Waals surface area contributed by atoms with Crippen LogP contribution in [0.3, 0.4) is 0 Å². The Morgan fingerprint density at radius 1 is 1.33 bits per heavy atom. The predicted molar refractivity (Wildman–Crippen MR) is 68.0 cm³/mol. The predicted octanol–water partition coefficient (Wildman–Crippen LogP) is 3.71. The van der Waals surface area contributed by atoms with Gasteiger partial charge in [0.1, 0.15) is 0 Å². The average Bonchev–Trinajstić information content (AvgIpc) is 2.16. The van der Waals surface area contributed by atoms with Gasteiger partial charge in [-0.15, -0.1) is 6.58 Å². The molecule has 0 aromatic rings. The van der Waals surface area contributed by atoms with Gasteiger partial charge < -0.3 is 4.90 Å². The summed E-state index contributed by atoms with van der Waals surface area (Å²) in [4.78, 5) is 2.43. The van der Waals surface area contributed by atoms with Crippen LogP contribution in [0.2, 0.25) is 0 Å². The van der Waals surface area contributed by atoms with Crippen molar-refractivity contribution in [3.8, 4) is 0 Å². The van der Waals surface area contributed by atoms with Gasteiger partial charge in [0.15, 0.2) is 0 Å². The van der Waals surface area contributed by atoms with Crippen molar-refractivity contribution in [2.75, 3.05) is 14.1 Å². The molecule has 1 aliphatic carbocycles. The van der Waals surface area contributed by atoms with Crippen LogP contribution in [-0.4, -0.2) is 25.0 Å². The molecule has 0 aromatic carbocycles. The monoisotopic (exact) mass is 209 g/mol. The summed E-state index contributed by atoms with van der Waals surface area (Å²) in [5.74, 6) is 1.68. The Morgan fingerprint density at radius 2 is 1.93 bits per heavy atom. The second kappa shape index (κ2) is 5.69. The minimum Gasteiger partial charge on any atom is -0.306 e. The lowest BCUT2D eigenvalue weighted by atomic mass is 9.75. The topological polar surface area (TPSA) is 3.24 Å². The molecular weight excluding hydrogens is 182 g/mol. The lowest BCUT2D eigenvalue weighted by Gasteiger charge is -2.39. The summed E-state index contributed by atoms with van der Waals surface area (Å²) < 4.78 is 0. The molecule has 1 rings (SSSR count). The van der Waals surface area contributed by atoms with Gasteiger partial charge in [0.05, 0.1) is 0 Å². The summed E-state index contributed by atoms with van der Waals surface area (Å²) in [6.07, 6.45) is 6.85. The summed E-state index contributed by atoms with van der Waals surface area (Å²) in [5.41, 5.74) is 1.34. The zero-order chi connectivity index (χ0) is 11.4. The zero-order valence-electron chi connectivity index (χ0n) is 10.9. The number of hydrogen-bond acceptors (Lipinski definition) is 1. The molecular formula is C14H27N. The van der Waals surface area contributed by atoms with E-state index in [1.807, 2.05) is 0 Å². The van der Waals surface area contributed by atoms with Gasteiger partial charge in [-0.25, -0.2) is 0 Å². The maximum absolute atomic E-state index is 4.05. The minimum absolute atomic E-state index is 0.799. The molecule has 0 saturated heterocycles. The fourth-order valence-corrected chi connectivity index (χ4v) is 3.15. The van der Waals surface area contributed by atoms with Crippen LogP contribution >= 0.6 is 0 Å². The van der Waals surface area contributed by atoms with E-state index in [1.54, 1.807) is 0 Å². The van der Waals surface area contributed by atoms with Crippen molar-refractivity contribution < 1.29 is 0 Å². The van der Waals surface area contributed by atoms with Crippen LogP contribution in [0.15, 0.2) is 12.2 Å². The average molecular weight is 209 g/mol. The molecule has 0 amide bonds. The van der Waals surface area contributed by atoms with Crippen molar-refractivity contribution in [2.45, 2.75) is 52.0 Å². The van der Waals surface area contributed by atoms with Crippen molar-refractivity contribution in [1.29, 1.82) is 0 Å². The molecule has 0 unspecified atom stereocenters. The number of nitrogens with zero attached hydrogens (tertiary/aromatic N) is 1. The number of hydrogen-bond donors (Lipinski definition) is 0. The molecule has 0 N–H and O–H groups in total. The van der Waals surface area contributed by atoms with E-state index < -0.39 is 0 Å². The van der Waals surface area contributed by atoms with Crippen molar-refractivity contribution in [3.05, 3.63) is 12.2 Å². The minimum atomic E-state index is 0.799. The Morgan fingerprint density at radius 3 is 2.47 bits per heavy atom. The van der Waals surface area contributed by atoms with Gasteiger partial charge in [-0.2, -0.15) is 0 Å². The molecule has 0 bridgehead atoms. The lowest BCUT2D eigenvalue weighted by Crippen LogP contribution is -2.40. The first-order valence-corrected chi connectivity index (χ1v) is 6.33. The largest absolute Gasteiger partial charge is 0.306 e. The molecule has 3 atom stereocenters. The van der Waals surface area contributed by atoms with E-state index in [4.69, 9.17) is 0 Å². The standard InChI is InChI=1S/C14H27N/c1-11(2)10-12(3)13-8-6-7-9-14(13)15(4)5/h12-14H,1,6-10H2,2-5H3/t12-,13+,14+/m0/s1. The fraction of sp³-hybridized carbons (Fsp3) is 0.857. The van der Waals surface area contributed by atoms with Gasteiger partial charge in [0.25, 0.3) is 0 Å². The van der Waals surface area contributed by atoms with Crippen LogP contribution < -0.4 is 0 Å². The third-order valence-corrected chi connectivity index (χ3v) is 3.85. The highest BCUT2D eigenvalue weighted by atomic mass is 15.1. The molecule has 0 heterocycles. The third kappa shape index (κ3) is 3.64. The Labute approximate surface area is 95.5 Å². The summed E-state index contributed by atoms with van der Waals surface area (Å²) >= 11 is 0. The molecule has 0 radical (unpaired) electrons. The molecule has 1 heteroatoms. The smallest absolute Gasteiger partial charge is 0.0120 e. The van der Waals surface area contributed by atoms with Gasteiger partial charge in [0.2, 0.25) is 0 Å². The van der Waals surface area contributed by atoms with Crippen molar-refractivity contribution in [1.82, 2.24) is 4.90 Å². The molecule has 1 nitrogen and oxygen atoms in total.